The van der Waals surface area contributed by atoms with Gasteiger partial charge in [-0.2, -0.15) is 0 Å². The highest BCUT2D eigenvalue weighted by atomic mass is 35.5. The van der Waals surface area contributed by atoms with Crippen LogP contribution in [-0.2, 0) is 0 Å². The Hall–Kier alpha value is 0.280. The molecule has 8 heteroatoms. The van der Waals surface area contributed by atoms with Crippen molar-refractivity contribution in [2.24, 2.45) is 0 Å². The van der Waals surface area contributed by atoms with Crippen LogP contribution < -0.4 is 10.6 Å². The third kappa shape index (κ3) is 7.66. The second-order valence-corrected chi connectivity index (χ2v) is 4.15. The van der Waals surface area contributed by atoms with E-state index >= 15 is 0 Å². The molecule has 0 aromatic heterocycles. The number of rotatable bonds is 0. The van der Waals surface area contributed by atoms with Gasteiger partial charge in [0.1, 0.15) is 12.3 Å². The highest BCUT2D eigenvalue weighted by Gasteiger charge is 2.21. The number of nitrogens with one attached hydrogen (secondary N) is 2. The summed E-state index contributed by atoms with van der Waals surface area (Å²) in [7, 11) is 0. The number of piperidine rings is 2. The smallest absolute Gasteiger partial charge is 0.128 e. The molecule has 2 fully saturated rings. The number of hydrogen-bond donors (Lipinski definition) is 4. The van der Waals surface area contributed by atoms with Crippen molar-refractivity contribution in [3.63, 3.8) is 0 Å². The molecule has 112 valence electrons. The summed E-state index contributed by atoms with van der Waals surface area (Å²) < 4.78 is 24.6. The second kappa shape index (κ2) is 11.1. The lowest BCUT2D eigenvalue weighted by atomic mass is 10.1. The van der Waals surface area contributed by atoms with Crippen LogP contribution in [0.3, 0.4) is 0 Å². The minimum absolute atomic E-state index is 0. The van der Waals surface area contributed by atoms with Gasteiger partial charge in [0.05, 0.1) is 12.2 Å². The van der Waals surface area contributed by atoms with Crippen LogP contribution in [-0.4, -0.2) is 60.9 Å². The van der Waals surface area contributed by atoms with Crippen LogP contribution in [0.15, 0.2) is 0 Å². The van der Waals surface area contributed by atoms with E-state index in [1.807, 2.05) is 0 Å². The predicted molar refractivity (Wildman–Crippen MR) is 71.3 cm³/mol. The molecule has 2 rings (SSSR count). The molecule has 4 unspecified atom stereocenters. The fourth-order valence-electron chi connectivity index (χ4n) is 1.62. The highest BCUT2D eigenvalue weighted by Crippen LogP contribution is 2.06. The molecular weight excluding hydrogens is 289 g/mol. The van der Waals surface area contributed by atoms with E-state index in [1.165, 1.54) is 0 Å². The van der Waals surface area contributed by atoms with E-state index in [-0.39, 0.29) is 24.8 Å². The lowest BCUT2D eigenvalue weighted by molar-refractivity contribution is 0.0549. The van der Waals surface area contributed by atoms with Crippen molar-refractivity contribution in [1.82, 2.24) is 10.6 Å². The molecule has 2 saturated heterocycles. The third-order valence-electron chi connectivity index (χ3n) is 2.74. The molecule has 2 aliphatic heterocycles. The summed E-state index contributed by atoms with van der Waals surface area (Å²) in [6.45, 7) is 2.19. The molecule has 4 atom stereocenters. The summed E-state index contributed by atoms with van der Waals surface area (Å²) in [5.41, 5.74) is 0. The van der Waals surface area contributed by atoms with E-state index in [0.29, 0.717) is 39.0 Å². The summed E-state index contributed by atoms with van der Waals surface area (Å²) >= 11 is 0. The molecular formula is C10H22Cl2F2N2O2. The number of halogens is 4. The molecule has 4 N–H and O–H groups in total. The van der Waals surface area contributed by atoms with Gasteiger partial charge in [0.25, 0.3) is 0 Å². The van der Waals surface area contributed by atoms with Gasteiger partial charge >= 0.3 is 0 Å². The zero-order chi connectivity index (χ0) is 12.0. The Balaban J connectivity index is 0. The Bertz CT molecular complexity index is 167. The first kappa shape index (κ1) is 20.6. The minimum atomic E-state index is -1.00. The van der Waals surface area contributed by atoms with Crippen LogP contribution in [0.2, 0.25) is 0 Å². The van der Waals surface area contributed by atoms with Crippen LogP contribution in [0.1, 0.15) is 12.8 Å². The summed E-state index contributed by atoms with van der Waals surface area (Å²) in [6.07, 6.45) is -2.66. The molecule has 0 amide bonds. The summed E-state index contributed by atoms with van der Waals surface area (Å²) in [4.78, 5) is 0. The Morgan fingerprint density at radius 3 is 1.28 bits per heavy atom. The van der Waals surface area contributed by atoms with E-state index in [0.717, 1.165) is 0 Å². The summed E-state index contributed by atoms with van der Waals surface area (Å²) in [6, 6.07) is 0. The van der Waals surface area contributed by atoms with Crippen molar-refractivity contribution >= 4 is 24.8 Å². The van der Waals surface area contributed by atoms with Crippen LogP contribution in [0.5, 0.6) is 0 Å². The number of aliphatic hydroxyl groups excluding tert-OH is 2. The van der Waals surface area contributed by atoms with Gasteiger partial charge in [-0.3, -0.25) is 0 Å². The standard InChI is InChI=1S/2C5H10FNO.2ClH/c2*6-4-1-2-7-3-5(4)8;;/h2*4-5,7-8H,1-3H2;2*1H. The number of alkyl halides is 2. The van der Waals surface area contributed by atoms with Gasteiger partial charge in [-0.15, -0.1) is 24.8 Å². The molecule has 0 spiro atoms. The number of hydrogen-bond acceptors (Lipinski definition) is 4. The maximum absolute atomic E-state index is 12.3. The molecule has 0 bridgehead atoms. The average molecular weight is 311 g/mol. The van der Waals surface area contributed by atoms with Crippen molar-refractivity contribution in [1.29, 1.82) is 0 Å². The van der Waals surface area contributed by atoms with Crippen molar-refractivity contribution < 1.29 is 19.0 Å². The van der Waals surface area contributed by atoms with Crippen molar-refractivity contribution in [3.05, 3.63) is 0 Å². The maximum atomic E-state index is 12.3. The molecule has 0 radical (unpaired) electrons. The first-order valence-electron chi connectivity index (χ1n) is 5.67. The van der Waals surface area contributed by atoms with Gasteiger partial charge in [-0.1, -0.05) is 0 Å². The molecule has 0 aliphatic carbocycles. The second-order valence-electron chi connectivity index (χ2n) is 4.15. The minimum Gasteiger partial charge on any atom is -0.389 e. The predicted octanol–water partition coefficient (Wildman–Crippen LogP) is 0.201. The van der Waals surface area contributed by atoms with Crippen molar-refractivity contribution in [2.45, 2.75) is 37.4 Å². The third-order valence-corrected chi connectivity index (χ3v) is 2.74. The topological polar surface area (TPSA) is 64.5 Å². The summed E-state index contributed by atoms with van der Waals surface area (Å²) in [5.74, 6) is 0. The van der Waals surface area contributed by atoms with E-state index in [2.05, 4.69) is 10.6 Å². The average Bonchev–Trinajstić information content (AvgIpc) is 2.28. The SMILES string of the molecule is Cl.Cl.OC1CNCCC1F.OC1CNCCC1F. The highest BCUT2D eigenvalue weighted by molar-refractivity contribution is 5.85. The van der Waals surface area contributed by atoms with E-state index in [1.54, 1.807) is 0 Å². The normalized spacial score (nSPS) is 35.3. The monoisotopic (exact) mass is 310 g/mol. The first-order valence-corrected chi connectivity index (χ1v) is 5.67. The fourth-order valence-corrected chi connectivity index (χ4v) is 1.62. The van der Waals surface area contributed by atoms with Crippen LogP contribution in [0.25, 0.3) is 0 Å². The van der Waals surface area contributed by atoms with Crippen molar-refractivity contribution in [3.8, 4) is 0 Å². The maximum Gasteiger partial charge on any atom is 0.128 e. The number of β-amino-alcohol motifs (C(OH)–C–C–N with tert-alkyl or cyclic N) is 2. The molecule has 0 saturated carbocycles. The van der Waals surface area contributed by atoms with Crippen LogP contribution >= 0.6 is 24.8 Å². The van der Waals surface area contributed by atoms with Crippen LogP contribution in [0.4, 0.5) is 8.78 Å². The molecule has 2 heterocycles. The largest absolute Gasteiger partial charge is 0.389 e. The first-order chi connectivity index (χ1) is 7.61. The van der Waals surface area contributed by atoms with Gasteiger partial charge in [0.15, 0.2) is 0 Å². The van der Waals surface area contributed by atoms with Crippen LogP contribution in [0, 0.1) is 0 Å². The van der Waals surface area contributed by atoms with Gasteiger partial charge in [-0.05, 0) is 25.9 Å². The zero-order valence-electron chi connectivity index (χ0n) is 10.0. The Labute approximate surface area is 118 Å². The van der Waals surface area contributed by atoms with Gasteiger partial charge in [0.2, 0.25) is 0 Å². The van der Waals surface area contributed by atoms with E-state index in [4.69, 9.17) is 10.2 Å². The Kier molecular flexibility index (Phi) is 12.7. The molecule has 0 aromatic carbocycles. The lowest BCUT2D eigenvalue weighted by Crippen LogP contribution is -2.41. The zero-order valence-corrected chi connectivity index (χ0v) is 11.7. The molecule has 4 nitrogen and oxygen atoms in total. The van der Waals surface area contributed by atoms with Gasteiger partial charge in [0, 0.05) is 13.1 Å². The summed E-state index contributed by atoms with van der Waals surface area (Å²) in [5, 5.41) is 23.2. The molecule has 2 aliphatic rings. The molecule has 0 aromatic rings. The molecule has 18 heavy (non-hydrogen) atoms. The lowest BCUT2D eigenvalue weighted by Gasteiger charge is -2.21. The van der Waals surface area contributed by atoms with E-state index < -0.39 is 24.6 Å². The van der Waals surface area contributed by atoms with E-state index in [9.17, 15) is 8.78 Å². The van der Waals surface area contributed by atoms with Gasteiger partial charge in [-0.25, -0.2) is 8.78 Å². The van der Waals surface area contributed by atoms with Gasteiger partial charge < -0.3 is 20.8 Å². The Morgan fingerprint density at radius 2 is 1.11 bits per heavy atom. The Morgan fingerprint density at radius 1 is 0.778 bits per heavy atom. The number of aliphatic hydroxyl groups is 2. The quantitative estimate of drug-likeness (QED) is 0.516. The van der Waals surface area contributed by atoms with Crippen molar-refractivity contribution in [2.75, 3.05) is 26.2 Å². The fraction of sp³-hybridized carbons (Fsp3) is 1.00.